The van der Waals surface area contributed by atoms with E-state index in [-0.39, 0.29) is 0 Å². The van der Waals surface area contributed by atoms with Crippen LogP contribution in [0.5, 0.6) is 0 Å². The molecule has 0 unspecified atom stereocenters. The lowest BCUT2D eigenvalue weighted by Gasteiger charge is -1.97. The van der Waals surface area contributed by atoms with Gasteiger partial charge in [-0.15, -0.1) is 0 Å². The Morgan fingerprint density at radius 2 is 1.74 bits per heavy atom. The van der Waals surface area contributed by atoms with Crippen molar-refractivity contribution in [1.82, 2.24) is 4.98 Å². The summed E-state index contributed by atoms with van der Waals surface area (Å²) >= 11 is 0. The maximum absolute atomic E-state index is 6.22. The van der Waals surface area contributed by atoms with Crippen LogP contribution in [0.2, 0.25) is 0 Å². The van der Waals surface area contributed by atoms with Gasteiger partial charge in [0, 0.05) is 10.8 Å². The van der Waals surface area contributed by atoms with Gasteiger partial charge in [0.05, 0.1) is 11.0 Å². The number of aromatic nitrogens is 1. The largest absolute Gasteiger partial charge is 0.454 e. The van der Waals surface area contributed by atoms with Crippen LogP contribution < -0.4 is 0 Å². The number of aromatic amines is 1. The molecule has 0 radical (unpaired) electrons. The van der Waals surface area contributed by atoms with Crippen LogP contribution in [-0.2, 0) is 0 Å². The van der Waals surface area contributed by atoms with Crippen LogP contribution in [0.25, 0.3) is 45.1 Å². The number of unbranched alkanes of at least 4 members (excludes halogenated alkanes) is 4. The molecule has 0 amide bonds. The molecule has 2 heterocycles. The molecule has 4 rings (SSSR count). The van der Waals surface area contributed by atoms with E-state index in [0.29, 0.717) is 0 Å². The molecule has 0 saturated heterocycles. The summed E-state index contributed by atoms with van der Waals surface area (Å²) in [6, 6.07) is 12.9. The Morgan fingerprint density at radius 3 is 2.56 bits per heavy atom. The molecule has 0 bridgehead atoms. The molecule has 138 valence electrons. The molecule has 0 atom stereocenters. The van der Waals surface area contributed by atoms with Crippen LogP contribution in [0, 0.1) is 0 Å². The van der Waals surface area contributed by atoms with E-state index >= 15 is 0 Å². The summed E-state index contributed by atoms with van der Waals surface area (Å²) in [4.78, 5) is 3.55. The minimum Gasteiger partial charge on any atom is -0.454 e. The third kappa shape index (κ3) is 3.57. The quantitative estimate of drug-likeness (QED) is 0.333. The average Bonchev–Trinajstić information content (AvgIpc) is 3.20. The van der Waals surface area contributed by atoms with Crippen LogP contribution in [-0.4, -0.2) is 4.98 Å². The van der Waals surface area contributed by atoms with E-state index in [1.54, 1.807) is 0 Å². The van der Waals surface area contributed by atoms with E-state index in [0.717, 1.165) is 39.4 Å². The number of furan rings is 1. The van der Waals surface area contributed by atoms with E-state index < -0.39 is 0 Å². The summed E-state index contributed by atoms with van der Waals surface area (Å²) in [6.07, 6.45) is 15.0. The zero-order valence-corrected chi connectivity index (χ0v) is 16.2. The maximum atomic E-state index is 6.22. The topological polar surface area (TPSA) is 28.9 Å². The third-order valence-corrected chi connectivity index (χ3v) is 5.16. The second-order valence-electron chi connectivity index (χ2n) is 7.24. The van der Waals surface area contributed by atoms with Crippen molar-refractivity contribution in [2.45, 2.75) is 46.0 Å². The second-order valence-corrected chi connectivity index (χ2v) is 7.24. The number of nitrogens with one attached hydrogen (secondary N) is 1. The first-order valence-electron chi connectivity index (χ1n) is 10.1. The highest BCUT2D eigenvalue weighted by atomic mass is 16.3. The number of allylic oxidation sites excluding steroid dienone is 2. The van der Waals surface area contributed by atoms with Crippen molar-refractivity contribution in [3.05, 3.63) is 59.7 Å². The maximum Gasteiger partial charge on any atom is 0.160 e. The van der Waals surface area contributed by atoms with Gasteiger partial charge in [-0.05, 0) is 55.2 Å². The van der Waals surface area contributed by atoms with Crippen LogP contribution >= 0.6 is 0 Å². The summed E-state index contributed by atoms with van der Waals surface area (Å²) in [5.41, 5.74) is 6.51. The first-order valence-corrected chi connectivity index (χ1v) is 10.1. The van der Waals surface area contributed by atoms with Gasteiger partial charge in [-0.1, -0.05) is 62.6 Å². The zero-order chi connectivity index (χ0) is 18.6. The normalized spacial score (nSPS) is 12.5. The number of fused-ring (bicyclic) bond motifs is 5. The van der Waals surface area contributed by atoms with Crippen LogP contribution in [0.3, 0.4) is 0 Å². The molecule has 4 aromatic rings. The molecule has 2 nitrogen and oxygen atoms in total. The summed E-state index contributed by atoms with van der Waals surface area (Å²) in [6.45, 7) is 4.29. The Balaban J connectivity index is 1.63. The van der Waals surface area contributed by atoms with E-state index in [4.69, 9.17) is 4.42 Å². The Morgan fingerprint density at radius 1 is 0.926 bits per heavy atom. The molecular weight excluding hydrogens is 330 g/mol. The molecule has 0 aliphatic heterocycles. The number of benzene rings is 2. The van der Waals surface area contributed by atoms with Crippen molar-refractivity contribution in [3.63, 3.8) is 0 Å². The third-order valence-electron chi connectivity index (χ3n) is 5.16. The monoisotopic (exact) mass is 357 g/mol. The van der Waals surface area contributed by atoms with Gasteiger partial charge in [0.15, 0.2) is 5.58 Å². The van der Waals surface area contributed by atoms with Crippen LogP contribution in [0.15, 0.2) is 53.0 Å². The van der Waals surface area contributed by atoms with Gasteiger partial charge in [0.25, 0.3) is 0 Å². The van der Waals surface area contributed by atoms with Gasteiger partial charge in [0.2, 0.25) is 0 Å². The first-order chi connectivity index (χ1) is 13.3. The van der Waals surface area contributed by atoms with Crippen molar-refractivity contribution in [2.75, 3.05) is 0 Å². The molecule has 27 heavy (non-hydrogen) atoms. The molecule has 2 heteroatoms. The minimum absolute atomic E-state index is 0.948. The van der Waals surface area contributed by atoms with Crippen molar-refractivity contribution in [3.8, 4) is 0 Å². The van der Waals surface area contributed by atoms with E-state index in [1.165, 1.54) is 36.8 Å². The van der Waals surface area contributed by atoms with Gasteiger partial charge in [0.1, 0.15) is 5.58 Å². The van der Waals surface area contributed by atoms with Crippen LogP contribution in [0.4, 0.5) is 0 Å². The van der Waals surface area contributed by atoms with Gasteiger partial charge >= 0.3 is 0 Å². The SMILES string of the molecule is C/C=C/c1ccc2c(c1)[nH]c1c3ccc(/C=C/CCCCCC)cc3oc21. The van der Waals surface area contributed by atoms with Gasteiger partial charge in [-0.2, -0.15) is 0 Å². The fourth-order valence-electron chi connectivity index (χ4n) is 3.73. The highest BCUT2D eigenvalue weighted by Crippen LogP contribution is 2.35. The van der Waals surface area contributed by atoms with Gasteiger partial charge < -0.3 is 9.40 Å². The van der Waals surface area contributed by atoms with Crippen molar-refractivity contribution in [2.24, 2.45) is 0 Å². The fraction of sp³-hybridized carbons (Fsp3) is 0.280. The molecule has 0 fully saturated rings. The summed E-state index contributed by atoms with van der Waals surface area (Å²) in [5, 5.41) is 2.29. The second kappa shape index (κ2) is 7.87. The molecule has 0 aliphatic carbocycles. The first kappa shape index (κ1) is 17.7. The van der Waals surface area contributed by atoms with E-state index in [2.05, 4.69) is 72.6 Å². The molecule has 1 N–H and O–H groups in total. The molecule has 2 aromatic heterocycles. The van der Waals surface area contributed by atoms with Crippen molar-refractivity contribution < 1.29 is 4.42 Å². The Hall–Kier alpha value is -2.74. The highest BCUT2D eigenvalue weighted by molar-refractivity contribution is 6.15. The smallest absolute Gasteiger partial charge is 0.160 e. The van der Waals surface area contributed by atoms with Crippen LogP contribution in [0.1, 0.15) is 57.1 Å². The van der Waals surface area contributed by atoms with Crippen molar-refractivity contribution >= 4 is 45.1 Å². The van der Waals surface area contributed by atoms with Crippen molar-refractivity contribution in [1.29, 1.82) is 0 Å². The number of hydrogen-bond donors (Lipinski definition) is 1. The Kier molecular flexibility index (Phi) is 5.15. The summed E-state index contributed by atoms with van der Waals surface area (Å²) in [7, 11) is 0. The predicted molar refractivity (Wildman–Crippen MR) is 118 cm³/mol. The summed E-state index contributed by atoms with van der Waals surface area (Å²) < 4.78 is 6.22. The van der Waals surface area contributed by atoms with E-state index in [1.807, 2.05) is 6.92 Å². The Labute approximate surface area is 160 Å². The average molecular weight is 357 g/mol. The molecule has 0 saturated carbocycles. The lowest BCUT2D eigenvalue weighted by atomic mass is 10.1. The van der Waals surface area contributed by atoms with E-state index in [9.17, 15) is 0 Å². The number of H-pyrrole nitrogens is 1. The predicted octanol–water partition coefficient (Wildman–Crippen LogP) is 8.08. The summed E-state index contributed by atoms with van der Waals surface area (Å²) in [5.74, 6) is 0. The molecule has 0 aliphatic rings. The molecular formula is C25H27NO. The minimum atomic E-state index is 0.948. The van der Waals surface area contributed by atoms with Gasteiger partial charge in [-0.3, -0.25) is 0 Å². The fourth-order valence-corrected chi connectivity index (χ4v) is 3.73. The number of rotatable bonds is 7. The Bertz CT molecular complexity index is 1120. The standard InChI is InChI=1S/C25H27NO/c1-3-5-6-7-8-9-11-19-13-15-21-23(17-19)27-25-20-14-12-18(10-4-2)16-22(20)26-24(21)25/h4,9-17,26H,3,5-8H2,1-2H3/b10-4+,11-9+. The number of hydrogen-bond acceptors (Lipinski definition) is 1. The zero-order valence-electron chi connectivity index (χ0n) is 16.2. The van der Waals surface area contributed by atoms with Gasteiger partial charge in [-0.25, -0.2) is 0 Å². The molecule has 0 spiro atoms. The highest BCUT2D eigenvalue weighted by Gasteiger charge is 2.13. The molecule has 2 aromatic carbocycles. The lowest BCUT2D eigenvalue weighted by molar-refractivity contribution is 0.672. The lowest BCUT2D eigenvalue weighted by Crippen LogP contribution is -1.76.